The van der Waals surface area contributed by atoms with Gasteiger partial charge in [-0.3, -0.25) is 4.79 Å². The molecule has 0 unspecified atom stereocenters. The van der Waals surface area contributed by atoms with Gasteiger partial charge in [-0.2, -0.15) is 0 Å². The van der Waals surface area contributed by atoms with Crippen molar-refractivity contribution in [1.29, 1.82) is 0 Å². The fourth-order valence-corrected chi connectivity index (χ4v) is 3.57. The minimum absolute atomic E-state index is 0.00996. The van der Waals surface area contributed by atoms with Gasteiger partial charge in [0.05, 0.1) is 22.6 Å². The second-order valence-corrected chi connectivity index (χ2v) is 7.07. The van der Waals surface area contributed by atoms with Crippen LogP contribution >= 0.6 is 11.6 Å². The maximum absolute atomic E-state index is 12.6. The molecule has 1 aliphatic heterocycles. The predicted molar refractivity (Wildman–Crippen MR) is 103 cm³/mol. The summed E-state index contributed by atoms with van der Waals surface area (Å²) in [6.07, 6.45) is 7.31. The Morgan fingerprint density at radius 1 is 1.32 bits per heavy atom. The Hall–Kier alpha value is -2.20. The number of allylic oxidation sites excluding steroid dienone is 1. The fourth-order valence-electron chi connectivity index (χ4n) is 3.36. The van der Waals surface area contributed by atoms with Crippen LogP contribution in [0.15, 0.2) is 37.2 Å². The lowest BCUT2D eigenvalue weighted by atomic mass is 9.86. The predicted octanol–water partition coefficient (Wildman–Crippen LogP) is 4.93. The standard InChI is InChI=1S/C20H23ClN2O2/c1-12(2)25-16-6-4-14(5-7-16)20(24)23-19-10-15-8-9-22-13(3)17(15)11-18(19)21/h8-11,14,16,22H,1,3-7H2,2H3,(H,23,24)/t14-,16+. The lowest BCUT2D eigenvalue weighted by molar-refractivity contribution is -0.121. The number of anilines is 1. The smallest absolute Gasteiger partial charge is 0.227 e. The Bertz CT molecular complexity index is 746. The molecule has 1 aliphatic carbocycles. The van der Waals surface area contributed by atoms with Gasteiger partial charge < -0.3 is 15.4 Å². The molecule has 4 nitrogen and oxygen atoms in total. The number of benzene rings is 1. The molecule has 1 aromatic carbocycles. The van der Waals surface area contributed by atoms with Gasteiger partial charge >= 0.3 is 0 Å². The van der Waals surface area contributed by atoms with E-state index in [9.17, 15) is 4.79 Å². The van der Waals surface area contributed by atoms with Crippen LogP contribution in [0.2, 0.25) is 5.02 Å². The van der Waals surface area contributed by atoms with E-state index in [4.69, 9.17) is 16.3 Å². The molecule has 1 aromatic rings. The summed E-state index contributed by atoms with van der Waals surface area (Å²) in [5, 5.41) is 6.56. The monoisotopic (exact) mass is 358 g/mol. The highest BCUT2D eigenvalue weighted by Gasteiger charge is 2.27. The van der Waals surface area contributed by atoms with Crippen LogP contribution in [0, 0.1) is 5.92 Å². The van der Waals surface area contributed by atoms with Crippen LogP contribution in [0.25, 0.3) is 11.8 Å². The third-order valence-electron chi connectivity index (χ3n) is 4.66. The summed E-state index contributed by atoms with van der Waals surface area (Å²) in [6, 6.07) is 3.73. The van der Waals surface area contributed by atoms with Gasteiger partial charge in [0.2, 0.25) is 5.91 Å². The first-order valence-corrected chi connectivity index (χ1v) is 8.91. The molecular formula is C20H23ClN2O2. The van der Waals surface area contributed by atoms with Crippen molar-refractivity contribution >= 4 is 35.0 Å². The maximum atomic E-state index is 12.6. The summed E-state index contributed by atoms with van der Waals surface area (Å²) in [7, 11) is 0. The molecule has 2 aliphatic rings. The Balaban J connectivity index is 1.65. The fraction of sp³-hybridized carbons (Fsp3) is 0.350. The van der Waals surface area contributed by atoms with E-state index in [0.717, 1.165) is 48.3 Å². The van der Waals surface area contributed by atoms with E-state index >= 15 is 0 Å². The second kappa shape index (κ2) is 7.36. The van der Waals surface area contributed by atoms with E-state index in [2.05, 4.69) is 23.8 Å². The molecule has 0 spiro atoms. The van der Waals surface area contributed by atoms with Gasteiger partial charge in [0.15, 0.2) is 0 Å². The molecule has 1 amide bonds. The number of halogens is 1. The Morgan fingerprint density at radius 2 is 2.04 bits per heavy atom. The summed E-state index contributed by atoms with van der Waals surface area (Å²) in [6.45, 7) is 9.60. The molecule has 0 radical (unpaired) electrons. The molecule has 25 heavy (non-hydrogen) atoms. The molecule has 0 bridgehead atoms. The van der Waals surface area contributed by atoms with Crippen LogP contribution < -0.4 is 10.6 Å². The zero-order chi connectivity index (χ0) is 18.0. The number of hydrogen-bond acceptors (Lipinski definition) is 3. The quantitative estimate of drug-likeness (QED) is 0.750. The van der Waals surface area contributed by atoms with Gasteiger partial charge in [0.1, 0.15) is 0 Å². The number of ether oxygens (including phenoxy) is 1. The number of rotatable bonds is 4. The molecule has 3 rings (SSSR count). The average molecular weight is 359 g/mol. The molecule has 2 N–H and O–H groups in total. The van der Waals surface area contributed by atoms with E-state index in [1.54, 1.807) is 0 Å². The van der Waals surface area contributed by atoms with Crippen molar-refractivity contribution in [2.75, 3.05) is 5.32 Å². The van der Waals surface area contributed by atoms with Crippen LogP contribution in [0.1, 0.15) is 43.7 Å². The molecule has 1 heterocycles. The normalized spacial score (nSPS) is 21.9. The van der Waals surface area contributed by atoms with Crippen LogP contribution in [0.4, 0.5) is 5.69 Å². The van der Waals surface area contributed by atoms with E-state index in [1.807, 2.05) is 31.3 Å². The number of nitrogens with one attached hydrogen (secondary N) is 2. The van der Waals surface area contributed by atoms with E-state index in [1.165, 1.54) is 0 Å². The van der Waals surface area contributed by atoms with Crippen LogP contribution in [-0.4, -0.2) is 12.0 Å². The number of amides is 1. The third-order valence-corrected chi connectivity index (χ3v) is 4.97. The highest BCUT2D eigenvalue weighted by molar-refractivity contribution is 6.34. The minimum Gasteiger partial charge on any atom is -0.496 e. The van der Waals surface area contributed by atoms with Crippen molar-refractivity contribution < 1.29 is 9.53 Å². The first-order valence-electron chi connectivity index (χ1n) is 8.53. The summed E-state index contributed by atoms with van der Waals surface area (Å²) in [5.41, 5.74) is 3.38. The highest BCUT2D eigenvalue weighted by Crippen LogP contribution is 2.33. The first-order chi connectivity index (χ1) is 11.9. The van der Waals surface area contributed by atoms with Crippen LogP contribution in [0.5, 0.6) is 0 Å². The molecule has 0 saturated heterocycles. The Kier molecular flexibility index (Phi) is 5.19. The molecule has 132 valence electrons. The van der Waals surface area contributed by atoms with Gasteiger partial charge in [0, 0.05) is 23.4 Å². The largest absolute Gasteiger partial charge is 0.496 e. The van der Waals surface area contributed by atoms with Crippen molar-refractivity contribution in [3.63, 3.8) is 0 Å². The number of carbonyl (C=O) groups is 1. The summed E-state index contributed by atoms with van der Waals surface area (Å²) in [4.78, 5) is 12.6. The molecule has 0 aromatic heterocycles. The van der Waals surface area contributed by atoms with Crippen molar-refractivity contribution in [2.24, 2.45) is 5.92 Å². The number of fused-ring (bicyclic) bond motifs is 1. The second-order valence-electron chi connectivity index (χ2n) is 6.66. The summed E-state index contributed by atoms with van der Waals surface area (Å²) >= 11 is 6.35. The molecule has 5 heteroatoms. The first kappa shape index (κ1) is 17.6. The van der Waals surface area contributed by atoms with E-state index in [0.29, 0.717) is 10.7 Å². The molecule has 1 saturated carbocycles. The maximum Gasteiger partial charge on any atom is 0.227 e. The molecule has 0 atom stereocenters. The van der Waals surface area contributed by atoms with Gasteiger partial charge in [-0.25, -0.2) is 0 Å². The lowest BCUT2D eigenvalue weighted by Crippen LogP contribution is -2.29. The third kappa shape index (κ3) is 4.07. The summed E-state index contributed by atoms with van der Waals surface area (Å²) < 4.78 is 5.66. The van der Waals surface area contributed by atoms with E-state index < -0.39 is 0 Å². The van der Waals surface area contributed by atoms with Crippen molar-refractivity contribution in [3.05, 3.63) is 53.4 Å². The van der Waals surface area contributed by atoms with Crippen molar-refractivity contribution in [3.8, 4) is 0 Å². The highest BCUT2D eigenvalue weighted by atomic mass is 35.5. The lowest BCUT2D eigenvalue weighted by Gasteiger charge is -2.28. The number of carbonyl (C=O) groups excluding carboxylic acids is 1. The number of hydrogen-bond donors (Lipinski definition) is 2. The minimum atomic E-state index is -0.00996. The van der Waals surface area contributed by atoms with Gasteiger partial charge in [-0.15, -0.1) is 0 Å². The van der Waals surface area contributed by atoms with Crippen LogP contribution in [-0.2, 0) is 9.53 Å². The SMILES string of the molecule is C=C(C)O[C@H]1CC[C@@H](C(=O)Nc2cc3c(cc2Cl)C(=C)NC=C3)CC1. The molecule has 1 fully saturated rings. The molecular weight excluding hydrogens is 336 g/mol. The van der Waals surface area contributed by atoms with Crippen molar-refractivity contribution in [2.45, 2.75) is 38.7 Å². The van der Waals surface area contributed by atoms with Gasteiger partial charge in [-0.1, -0.05) is 24.8 Å². The Morgan fingerprint density at radius 3 is 2.72 bits per heavy atom. The Labute approximate surface area is 153 Å². The van der Waals surface area contributed by atoms with E-state index in [-0.39, 0.29) is 17.9 Å². The zero-order valence-electron chi connectivity index (χ0n) is 14.4. The van der Waals surface area contributed by atoms with Gasteiger partial charge in [-0.05, 0) is 56.4 Å². The topological polar surface area (TPSA) is 50.4 Å². The zero-order valence-corrected chi connectivity index (χ0v) is 15.2. The summed E-state index contributed by atoms with van der Waals surface area (Å²) in [5.74, 6) is 0.745. The van der Waals surface area contributed by atoms with Crippen LogP contribution in [0.3, 0.4) is 0 Å². The average Bonchev–Trinajstić information content (AvgIpc) is 2.56. The van der Waals surface area contributed by atoms with Crippen molar-refractivity contribution in [1.82, 2.24) is 5.32 Å². The van der Waals surface area contributed by atoms with Gasteiger partial charge in [0.25, 0.3) is 0 Å².